The van der Waals surface area contributed by atoms with Gasteiger partial charge in [0.25, 0.3) is 0 Å². The molecule has 0 N–H and O–H groups in total. The van der Waals surface area contributed by atoms with Gasteiger partial charge in [-0.05, 0) is 20.6 Å². The first-order valence-electron chi connectivity index (χ1n) is 3.60. The van der Waals surface area contributed by atoms with E-state index in [1.807, 2.05) is 26.0 Å². The highest BCUT2D eigenvalue weighted by molar-refractivity contribution is 5.29. The van der Waals surface area contributed by atoms with E-state index in [0.717, 1.165) is 5.57 Å². The topological polar surface area (TPSA) is 21.6 Å². The Labute approximate surface area is 75.0 Å². The van der Waals surface area contributed by atoms with Crippen molar-refractivity contribution in [2.75, 3.05) is 7.11 Å². The molecule has 2 heteroatoms. The molecule has 68 valence electrons. The predicted molar refractivity (Wildman–Crippen MR) is 55.3 cm³/mol. The van der Waals surface area contributed by atoms with E-state index in [1.54, 1.807) is 7.11 Å². The van der Waals surface area contributed by atoms with Crippen molar-refractivity contribution in [1.29, 1.82) is 0 Å². The summed E-state index contributed by atoms with van der Waals surface area (Å²) in [6.45, 7) is 13.3. The van der Waals surface area contributed by atoms with Gasteiger partial charge in [0.15, 0.2) is 0 Å². The van der Waals surface area contributed by atoms with Gasteiger partial charge in [-0.15, -0.1) is 13.2 Å². The van der Waals surface area contributed by atoms with Gasteiger partial charge in [-0.3, -0.25) is 0 Å². The summed E-state index contributed by atoms with van der Waals surface area (Å²) in [5, 5.41) is 0. The number of hydrogen-bond donors (Lipinski definition) is 0. The lowest BCUT2D eigenvalue weighted by atomic mass is 10.3. The Balaban J connectivity index is 0. The van der Waals surface area contributed by atoms with Gasteiger partial charge in [0.2, 0.25) is 5.88 Å². The van der Waals surface area contributed by atoms with Crippen LogP contribution in [0.4, 0.5) is 0 Å². The number of ether oxygens (including phenoxy) is 1. The largest absolute Gasteiger partial charge is 0.481 e. The molecule has 0 spiro atoms. The van der Waals surface area contributed by atoms with Crippen LogP contribution in [0, 0.1) is 0 Å². The second kappa shape index (κ2) is 9.69. The molecule has 0 aromatic rings. The Morgan fingerprint density at radius 2 is 1.92 bits per heavy atom. The first kappa shape index (κ1) is 13.3. The van der Waals surface area contributed by atoms with E-state index in [1.165, 1.54) is 0 Å². The summed E-state index contributed by atoms with van der Waals surface area (Å²) in [4.78, 5) is 3.64. The highest BCUT2D eigenvalue weighted by atomic mass is 16.5. The maximum atomic E-state index is 4.86. The number of hydrogen-bond acceptors (Lipinski definition) is 2. The summed E-state index contributed by atoms with van der Waals surface area (Å²) in [5.41, 5.74) is 1.12. The molecule has 0 aromatic carbocycles. The minimum atomic E-state index is 0.551. The summed E-state index contributed by atoms with van der Waals surface area (Å²) in [6, 6.07) is 0. The third kappa shape index (κ3) is 6.81. The summed E-state index contributed by atoms with van der Waals surface area (Å²) in [5.74, 6) is 0.551. The molecule has 0 aliphatic heterocycles. The van der Waals surface area contributed by atoms with Crippen LogP contribution in [-0.2, 0) is 4.74 Å². The average Bonchev–Trinajstić information content (AvgIpc) is 2.16. The van der Waals surface area contributed by atoms with E-state index in [4.69, 9.17) is 4.74 Å². The van der Waals surface area contributed by atoms with Crippen molar-refractivity contribution in [2.24, 2.45) is 4.99 Å². The monoisotopic (exact) mass is 167 g/mol. The highest BCUT2D eigenvalue weighted by Crippen LogP contribution is 2.02. The molecule has 0 saturated heterocycles. The molecule has 0 rings (SSSR count). The van der Waals surface area contributed by atoms with Crippen LogP contribution in [0.1, 0.15) is 13.8 Å². The summed E-state index contributed by atoms with van der Waals surface area (Å²) >= 11 is 0. The second-order valence-corrected chi connectivity index (χ2v) is 1.88. The molecule has 0 aliphatic rings. The van der Waals surface area contributed by atoms with Crippen molar-refractivity contribution >= 4 is 6.72 Å². The lowest BCUT2D eigenvalue weighted by molar-refractivity contribution is 0.289. The summed E-state index contributed by atoms with van der Waals surface area (Å²) in [7, 11) is 1.57. The maximum Gasteiger partial charge on any atom is 0.212 e. The van der Waals surface area contributed by atoms with E-state index >= 15 is 0 Å². The number of aliphatic imine (C=N–C) groups is 1. The molecule has 0 aromatic heterocycles. The van der Waals surface area contributed by atoms with Crippen LogP contribution in [0.25, 0.3) is 0 Å². The summed E-state index contributed by atoms with van der Waals surface area (Å²) < 4.78 is 4.86. The Morgan fingerprint density at radius 1 is 1.42 bits per heavy atom. The third-order valence-electron chi connectivity index (χ3n) is 1.17. The van der Waals surface area contributed by atoms with Crippen molar-refractivity contribution < 1.29 is 4.74 Å². The fraction of sp³-hybridized carbons (Fsp3) is 0.300. The van der Waals surface area contributed by atoms with E-state index in [-0.39, 0.29) is 0 Å². The van der Waals surface area contributed by atoms with Crippen LogP contribution in [0.5, 0.6) is 0 Å². The highest BCUT2D eigenvalue weighted by Gasteiger charge is 1.87. The van der Waals surface area contributed by atoms with Gasteiger partial charge >= 0.3 is 0 Å². The van der Waals surface area contributed by atoms with Crippen LogP contribution in [0.3, 0.4) is 0 Å². The second-order valence-electron chi connectivity index (χ2n) is 1.88. The van der Waals surface area contributed by atoms with Gasteiger partial charge in [-0.25, -0.2) is 4.99 Å². The molecule has 0 saturated carbocycles. The van der Waals surface area contributed by atoms with E-state index in [0.29, 0.717) is 5.88 Å². The molecule has 0 bridgehead atoms. The van der Waals surface area contributed by atoms with Crippen molar-refractivity contribution in [3.63, 3.8) is 0 Å². The van der Waals surface area contributed by atoms with Gasteiger partial charge in [0, 0.05) is 6.08 Å². The standard InChI is InChI=1S/C8H13NO.C2H4/c1-5-7(2)6-8(9-3)10-4;1-2/h5-6H,3H2,1-2,4H3;1-2H2/b7-5-,8-6+;. The zero-order chi connectivity index (χ0) is 9.98. The SMILES string of the molecule is C=C.C=N/C(=C\C(C)=C/C)OC. The molecule has 0 amide bonds. The predicted octanol–water partition coefficient (Wildman–Crippen LogP) is 2.94. The zero-order valence-corrected chi connectivity index (χ0v) is 8.13. The van der Waals surface area contributed by atoms with Crippen molar-refractivity contribution in [3.05, 3.63) is 36.8 Å². The Hall–Kier alpha value is -1.31. The first-order chi connectivity index (χ1) is 5.74. The van der Waals surface area contributed by atoms with Crippen molar-refractivity contribution in [3.8, 4) is 0 Å². The molecule has 0 unspecified atom stereocenters. The van der Waals surface area contributed by atoms with Gasteiger partial charge in [0.1, 0.15) is 0 Å². The Bertz CT molecular complexity index is 180. The minimum absolute atomic E-state index is 0.551. The number of rotatable bonds is 3. The maximum absolute atomic E-state index is 4.86. The molecular weight excluding hydrogens is 150 g/mol. The average molecular weight is 167 g/mol. The molecule has 0 atom stereocenters. The zero-order valence-electron chi connectivity index (χ0n) is 8.13. The lowest BCUT2D eigenvalue weighted by Gasteiger charge is -1.97. The molecule has 12 heavy (non-hydrogen) atoms. The van der Waals surface area contributed by atoms with E-state index in [9.17, 15) is 0 Å². The molecule has 0 aliphatic carbocycles. The number of allylic oxidation sites excluding steroid dienone is 3. The first-order valence-corrected chi connectivity index (χ1v) is 3.60. The van der Waals surface area contributed by atoms with Gasteiger partial charge in [-0.2, -0.15) is 0 Å². The normalized spacial score (nSPS) is 11.2. The van der Waals surface area contributed by atoms with E-state index < -0.39 is 0 Å². The van der Waals surface area contributed by atoms with E-state index in [2.05, 4.69) is 24.9 Å². The molecular formula is C10H17NO. The van der Waals surface area contributed by atoms with Crippen molar-refractivity contribution in [1.82, 2.24) is 0 Å². The van der Waals surface area contributed by atoms with Crippen molar-refractivity contribution in [2.45, 2.75) is 13.8 Å². The minimum Gasteiger partial charge on any atom is -0.481 e. The van der Waals surface area contributed by atoms with Crippen LogP contribution >= 0.6 is 0 Å². The van der Waals surface area contributed by atoms with Gasteiger partial charge in [-0.1, -0.05) is 11.6 Å². The lowest BCUT2D eigenvalue weighted by Crippen LogP contribution is -1.81. The van der Waals surface area contributed by atoms with Gasteiger partial charge in [0.05, 0.1) is 7.11 Å². The fourth-order valence-corrected chi connectivity index (χ4v) is 0.447. The molecule has 0 heterocycles. The van der Waals surface area contributed by atoms with Crippen LogP contribution in [0.15, 0.2) is 41.8 Å². The molecule has 0 fully saturated rings. The molecule has 2 nitrogen and oxygen atoms in total. The van der Waals surface area contributed by atoms with Crippen LogP contribution in [-0.4, -0.2) is 13.8 Å². The third-order valence-corrected chi connectivity index (χ3v) is 1.17. The smallest absolute Gasteiger partial charge is 0.212 e. The van der Waals surface area contributed by atoms with Gasteiger partial charge < -0.3 is 4.74 Å². The fourth-order valence-electron chi connectivity index (χ4n) is 0.447. The quantitative estimate of drug-likeness (QED) is 0.274. The Morgan fingerprint density at radius 3 is 2.17 bits per heavy atom. The van der Waals surface area contributed by atoms with Crippen LogP contribution in [0.2, 0.25) is 0 Å². The summed E-state index contributed by atoms with van der Waals surface area (Å²) in [6.07, 6.45) is 3.80. The number of methoxy groups -OCH3 is 1. The Kier molecular flexibility index (Phi) is 10.7. The van der Waals surface area contributed by atoms with Crippen LogP contribution < -0.4 is 0 Å². The molecule has 0 radical (unpaired) electrons. The number of nitrogens with zero attached hydrogens (tertiary/aromatic N) is 1.